The van der Waals surface area contributed by atoms with E-state index in [1.165, 1.54) is 18.6 Å². The van der Waals surface area contributed by atoms with Crippen molar-refractivity contribution < 1.29 is 0 Å². The maximum absolute atomic E-state index is 11.5. The Morgan fingerprint density at radius 2 is 2.41 bits per heavy atom. The lowest BCUT2D eigenvalue weighted by Crippen LogP contribution is -2.27. The number of nitrogens with zero attached hydrogens (tertiary/aromatic N) is 1. The van der Waals surface area contributed by atoms with Gasteiger partial charge < -0.3 is 10.3 Å². The van der Waals surface area contributed by atoms with Crippen LogP contribution in [0.5, 0.6) is 0 Å². The van der Waals surface area contributed by atoms with E-state index in [4.69, 9.17) is 0 Å². The van der Waals surface area contributed by atoms with Crippen molar-refractivity contribution in [2.45, 2.75) is 38.6 Å². The van der Waals surface area contributed by atoms with Gasteiger partial charge in [0.1, 0.15) is 11.6 Å². The highest BCUT2D eigenvalue weighted by atomic mass is 32.2. The van der Waals surface area contributed by atoms with Gasteiger partial charge in [-0.05, 0) is 18.6 Å². The predicted molar refractivity (Wildman–Crippen MR) is 72.9 cm³/mol. The van der Waals surface area contributed by atoms with Gasteiger partial charge in [-0.2, -0.15) is 11.8 Å². The molecule has 0 aromatic carbocycles. The molecule has 0 spiro atoms. The Bertz CT molecular complexity index is 424. The molecule has 2 rings (SSSR count). The lowest BCUT2D eigenvalue weighted by Gasteiger charge is -2.23. The first-order chi connectivity index (χ1) is 8.15. The SMILES string of the molecule is CC(C)c1nc(NC2CCCSC2)cc(=O)[nH]1. The molecule has 94 valence electrons. The highest BCUT2D eigenvalue weighted by molar-refractivity contribution is 7.99. The van der Waals surface area contributed by atoms with Crippen molar-refractivity contribution in [2.75, 3.05) is 16.8 Å². The van der Waals surface area contributed by atoms with Crippen LogP contribution in [0.1, 0.15) is 38.4 Å². The topological polar surface area (TPSA) is 57.8 Å². The van der Waals surface area contributed by atoms with Gasteiger partial charge in [0.05, 0.1) is 0 Å². The molecule has 1 atom stereocenters. The van der Waals surface area contributed by atoms with Crippen molar-refractivity contribution in [2.24, 2.45) is 0 Å². The zero-order chi connectivity index (χ0) is 12.3. The lowest BCUT2D eigenvalue weighted by molar-refractivity contribution is 0.678. The first-order valence-electron chi connectivity index (χ1n) is 6.10. The smallest absolute Gasteiger partial charge is 0.252 e. The summed E-state index contributed by atoms with van der Waals surface area (Å²) in [5.74, 6) is 4.06. The van der Waals surface area contributed by atoms with Crippen molar-refractivity contribution in [1.29, 1.82) is 0 Å². The normalized spacial score (nSPS) is 20.5. The fraction of sp³-hybridized carbons (Fsp3) is 0.667. The molecule has 1 aliphatic heterocycles. The van der Waals surface area contributed by atoms with E-state index < -0.39 is 0 Å². The Morgan fingerprint density at radius 1 is 1.59 bits per heavy atom. The van der Waals surface area contributed by atoms with Gasteiger partial charge in [-0.1, -0.05) is 13.8 Å². The third-order valence-corrected chi connectivity index (χ3v) is 4.03. The van der Waals surface area contributed by atoms with Crippen LogP contribution in [0.4, 0.5) is 5.82 Å². The molecule has 1 aromatic rings. The number of hydrogen-bond donors (Lipinski definition) is 2. The van der Waals surface area contributed by atoms with E-state index in [2.05, 4.69) is 15.3 Å². The van der Waals surface area contributed by atoms with Crippen LogP contribution >= 0.6 is 11.8 Å². The first kappa shape index (κ1) is 12.5. The van der Waals surface area contributed by atoms with Crippen LogP contribution in [0.25, 0.3) is 0 Å². The Labute approximate surface area is 106 Å². The molecule has 0 aliphatic carbocycles. The van der Waals surface area contributed by atoms with Crippen molar-refractivity contribution in [3.05, 3.63) is 22.2 Å². The predicted octanol–water partition coefficient (Wildman–Crippen LogP) is 2.20. The number of hydrogen-bond acceptors (Lipinski definition) is 4. The second kappa shape index (κ2) is 5.58. The van der Waals surface area contributed by atoms with Crippen molar-refractivity contribution in [3.63, 3.8) is 0 Å². The molecule has 0 amide bonds. The molecular weight excluding hydrogens is 234 g/mol. The Kier molecular flexibility index (Phi) is 4.10. The van der Waals surface area contributed by atoms with Gasteiger partial charge in [0.15, 0.2) is 0 Å². The van der Waals surface area contributed by atoms with Gasteiger partial charge in [0.2, 0.25) is 0 Å². The van der Waals surface area contributed by atoms with E-state index in [1.54, 1.807) is 6.07 Å². The molecule has 1 saturated heterocycles. The third-order valence-electron chi connectivity index (χ3n) is 2.82. The number of anilines is 1. The summed E-state index contributed by atoms with van der Waals surface area (Å²) in [6.07, 6.45) is 2.40. The monoisotopic (exact) mass is 253 g/mol. The number of aromatic nitrogens is 2. The standard InChI is InChI=1S/C12H19N3OS/c1-8(2)12-14-10(6-11(16)15-12)13-9-4-3-5-17-7-9/h6,8-9H,3-5,7H2,1-2H3,(H2,13,14,15,16). The maximum atomic E-state index is 11.5. The fourth-order valence-corrected chi connectivity index (χ4v) is 2.96. The Morgan fingerprint density at radius 3 is 3.06 bits per heavy atom. The summed E-state index contributed by atoms with van der Waals surface area (Å²) in [7, 11) is 0. The molecule has 1 fully saturated rings. The summed E-state index contributed by atoms with van der Waals surface area (Å²) in [6.45, 7) is 4.05. The van der Waals surface area contributed by atoms with Gasteiger partial charge in [-0.25, -0.2) is 4.98 Å². The molecule has 0 saturated carbocycles. The van der Waals surface area contributed by atoms with Crippen LogP contribution in [0, 0.1) is 0 Å². The quantitative estimate of drug-likeness (QED) is 0.867. The van der Waals surface area contributed by atoms with Crippen LogP contribution in [0.15, 0.2) is 10.9 Å². The van der Waals surface area contributed by atoms with Gasteiger partial charge in [0, 0.05) is 23.8 Å². The minimum Gasteiger partial charge on any atom is -0.366 e. The largest absolute Gasteiger partial charge is 0.366 e. The molecule has 1 aromatic heterocycles. The second-order valence-electron chi connectivity index (χ2n) is 4.73. The average Bonchev–Trinajstić information content (AvgIpc) is 2.29. The molecule has 2 N–H and O–H groups in total. The van der Waals surface area contributed by atoms with E-state index >= 15 is 0 Å². The molecule has 0 radical (unpaired) electrons. The second-order valence-corrected chi connectivity index (χ2v) is 5.88. The van der Waals surface area contributed by atoms with E-state index in [0.29, 0.717) is 11.9 Å². The van der Waals surface area contributed by atoms with E-state index in [9.17, 15) is 4.79 Å². The van der Waals surface area contributed by atoms with Crippen LogP contribution in [-0.2, 0) is 0 Å². The summed E-state index contributed by atoms with van der Waals surface area (Å²) in [6, 6.07) is 1.99. The van der Waals surface area contributed by atoms with Crippen molar-refractivity contribution >= 4 is 17.6 Å². The lowest BCUT2D eigenvalue weighted by atomic mass is 10.2. The van der Waals surface area contributed by atoms with Crippen LogP contribution in [-0.4, -0.2) is 27.5 Å². The number of rotatable bonds is 3. The summed E-state index contributed by atoms with van der Waals surface area (Å²) in [4.78, 5) is 18.7. The minimum atomic E-state index is -0.0744. The first-order valence-corrected chi connectivity index (χ1v) is 7.26. The molecule has 5 heteroatoms. The van der Waals surface area contributed by atoms with Gasteiger partial charge in [-0.15, -0.1) is 0 Å². The summed E-state index contributed by atoms with van der Waals surface area (Å²) >= 11 is 1.96. The highest BCUT2D eigenvalue weighted by Gasteiger charge is 2.14. The van der Waals surface area contributed by atoms with Crippen molar-refractivity contribution in [1.82, 2.24) is 9.97 Å². The number of aromatic amines is 1. The summed E-state index contributed by atoms with van der Waals surface area (Å²) in [5.41, 5.74) is -0.0744. The van der Waals surface area contributed by atoms with Crippen LogP contribution in [0.2, 0.25) is 0 Å². The van der Waals surface area contributed by atoms with E-state index in [0.717, 1.165) is 11.6 Å². The molecule has 1 aliphatic rings. The minimum absolute atomic E-state index is 0.0744. The number of H-pyrrole nitrogens is 1. The van der Waals surface area contributed by atoms with Gasteiger partial charge in [-0.3, -0.25) is 4.79 Å². The molecule has 17 heavy (non-hydrogen) atoms. The van der Waals surface area contributed by atoms with Crippen molar-refractivity contribution in [3.8, 4) is 0 Å². The van der Waals surface area contributed by atoms with E-state index in [-0.39, 0.29) is 11.5 Å². The van der Waals surface area contributed by atoms with Gasteiger partial charge in [0.25, 0.3) is 5.56 Å². The molecule has 4 nitrogen and oxygen atoms in total. The molecule has 0 bridgehead atoms. The molecule has 2 heterocycles. The summed E-state index contributed by atoms with van der Waals surface area (Å²) in [5, 5.41) is 3.36. The zero-order valence-electron chi connectivity index (χ0n) is 10.3. The van der Waals surface area contributed by atoms with Crippen LogP contribution < -0.4 is 10.9 Å². The Hall–Kier alpha value is -0.970. The third kappa shape index (κ3) is 3.49. The molecular formula is C12H19N3OS. The number of nitrogens with one attached hydrogen (secondary N) is 2. The van der Waals surface area contributed by atoms with E-state index in [1.807, 2.05) is 25.6 Å². The Balaban J connectivity index is 2.11. The maximum Gasteiger partial charge on any atom is 0.252 e. The number of thioether (sulfide) groups is 1. The van der Waals surface area contributed by atoms with Gasteiger partial charge >= 0.3 is 0 Å². The average molecular weight is 253 g/mol. The highest BCUT2D eigenvalue weighted by Crippen LogP contribution is 2.20. The molecule has 1 unspecified atom stereocenters. The fourth-order valence-electron chi connectivity index (χ4n) is 1.89. The zero-order valence-corrected chi connectivity index (χ0v) is 11.1. The van der Waals surface area contributed by atoms with Crippen LogP contribution in [0.3, 0.4) is 0 Å². The summed E-state index contributed by atoms with van der Waals surface area (Å²) < 4.78 is 0.